The Balaban J connectivity index is 2.04. The van der Waals surface area contributed by atoms with Gasteiger partial charge in [0.1, 0.15) is 5.75 Å². The van der Waals surface area contributed by atoms with Gasteiger partial charge in [-0.1, -0.05) is 48.5 Å². The fourth-order valence-electron chi connectivity index (χ4n) is 2.41. The Kier molecular flexibility index (Phi) is 3.97. The van der Waals surface area contributed by atoms with Crippen LogP contribution in [-0.4, -0.2) is 7.11 Å². The van der Waals surface area contributed by atoms with E-state index in [0.717, 1.165) is 18.0 Å². The van der Waals surface area contributed by atoms with Gasteiger partial charge in [-0.05, 0) is 12.1 Å². The summed E-state index contributed by atoms with van der Waals surface area (Å²) < 4.78 is 7.61. The number of hydrogen-bond acceptors (Lipinski definition) is 1. The van der Waals surface area contributed by atoms with Crippen molar-refractivity contribution in [3.63, 3.8) is 0 Å². The van der Waals surface area contributed by atoms with E-state index in [9.17, 15) is 0 Å². The fraction of sp³-hybridized carbons (Fsp3) is 0.105. The molecule has 0 saturated carbocycles. The summed E-state index contributed by atoms with van der Waals surface area (Å²) in [7, 11) is 1.70. The number of methoxy groups -OCH3 is 1. The van der Waals surface area contributed by atoms with Gasteiger partial charge in [0, 0.05) is 17.2 Å². The van der Waals surface area contributed by atoms with Crippen molar-refractivity contribution in [1.29, 1.82) is 0 Å². The van der Waals surface area contributed by atoms with Crippen LogP contribution in [-0.2, 0) is 6.54 Å². The zero-order chi connectivity index (χ0) is 14.5. The highest BCUT2D eigenvalue weighted by Crippen LogP contribution is 2.20. The zero-order valence-electron chi connectivity index (χ0n) is 12.1. The molecular weight excluding hydrogens is 258 g/mol. The highest BCUT2D eigenvalue weighted by molar-refractivity contribution is 5.57. The Morgan fingerprint density at radius 2 is 1.52 bits per heavy atom. The summed E-state index contributed by atoms with van der Waals surface area (Å²) in [5, 5.41) is 0. The maximum atomic E-state index is 5.37. The molecule has 0 aliphatic heterocycles. The Morgan fingerprint density at radius 3 is 2.19 bits per heavy atom. The number of pyridine rings is 1. The Morgan fingerprint density at radius 1 is 0.857 bits per heavy atom. The van der Waals surface area contributed by atoms with Crippen LogP contribution in [0.5, 0.6) is 5.75 Å². The third-order valence-corrected chi connectivity index (χ3v) is 3.51. The van der Waals surface area contributed by atoms with E-state index in [1.807, 2.05) is 18.2 Å². The SMILES string of the molecule is COc1cc[n+](Cc2ccccc2)c(-c2ccccc2)c1. The van der Waals surface area contributed by atoms with Crippen molar-refractivity contribution in [3.05, 3.63) is 84.6 Å². The first-order valence-corrected chi connectivity index (χ1v) is 7.03. The molecule has 3 aromatic rings. The lowest BCUT2D eigenvalue weighted by atomic mass is 10.1. The monoisotopic (exact) mass is 276 g/mol. The van der Waals surface area contributed by atoms with Crippen molar-refractivity contribution in [3.8, 4) is 17.0 Å². The van der Waals surface area contributed by atoms with Gasteiger partial charge in [0.15, 0.2) is 12.7 Å². The van der Waals surface area contributed by atoms with Gasteiger partial charge in [0.25, 0.3) is 0 Å². The summed E-state index contributed by atoms with van der Waals surface area (Å²) >= 11 is 0. The van der Waals surface area contributed by atoms with Crippen molar-refractivity contribution >= 4 is 0 Å². The second-order valence-corrected chi connectivity index (χ2v) is 4.93. The van der Waals surface area contributed by atoms with E-state index in [-0.39, 0.29) is 0 Å². The first-order chi connectivity index (χ1) is 10.4. The summed E-state index contributed by atoms with van der Waals surface area (Å²) in [6.07, 6.45) is 2.08. The molecule has 0 unspecified atom stereocenters. The molecule has 0 fully saturated rings. The Bertz CT molecular complexity index is 708. The number of aromatic nitrogens is 1. The van der Waals surface area contributed by atoms with Crippen LogP contribution in [0.1, 0.15) is 5.56 Å². The van der Waals surface area contributed by atoms with Crippen molar-refractivity contribution < 1.29 is 9.30 Å². The maximum Gasteiger partial charge on any atom is 0.216 e. The van der Waals surface area contributed by atoms with Crippen LogP contribution in [0.3, 0.4) is 0 Å². The molecule has 1 aromatic heterocycles. The van der Waals surface area contributed by atoms with Crippen LogP contribution >= 0.6 is 0 Å². The average molecular weight is 276 g/mol. The molecule has 3 rings (SSSR count). The van der Waals surface area contributed by atoms with E-state index in [0.29, 0.717) is 0 Å². The highest BCUT2D eigenvalue weighted by atomic mass is 16.5. The quantitative estimate of drug-likeness (QED) is 0.662. The zero-order valence-corrected chi connectivity index (χ0v) is 12.1. The van der Waals surface area contributed by atoms with Crippen LogP contribution in [0.15, 0.2) is 79.0 Å². The smallest absolute Gasteiger partial charge is 0.216 e. The molecule has 2 aromatic carbocycles. The van der Waals surface area contributed by atoms with Crippen LogP contribution in [0.25, 0.3) is 11.3 Å². The van der Waals surface area contributed by atoms with Gasteiger partial charge in [-0.15, -0.1) is 0 Å². The number of benzene rings is 2. The first-order valence-electron chi connectivity index (χ1n) is 7.03. The molecule has 0 aliphatic carbocycles. The van der Waals surface area contributed by atoms with E-state index in [2.05, 4.69) is 65.4 Å². The van der Waals surface area contributed by atoms with Crippen molar-refractivity contribution in [2.45, 2.75) is 6.54 Å². The van der Waals surface area contributed by atoms with E-state index in [4.69, 9.17) is 4.74 Å². The number of rotatable bonds is 4. The molecule has 0 radical (unpaired) electrons. The van der Waals surface area contributed by atoms with Gasteiger partial charge in [-0.3, -0.25) is 0 Å². The predicted molar refractivity (Wildman–Crippen MR) is 84.2 cm³/mol. The second kappa shape index (κ2) is 6.23. The van der Waals surface area contributed by atoms with Gasteiger partial charge >= 0.3 is 0 Å². The van der Waals surface area contributed by atoms with E-state index in [1.54, 1.807) is 7.11 Å². The van der Waals surface area contributed by atoms with Gasteiger partial charge in [0.05, 0.1) is 13.2 Å². The lowest BCUT2D eigenvalue weighted by molar-refractivity contribution is -0.677. The number of nitrogens with zero attached hydrogens (tertiary/aromatic N) is 1. The van der Waals surface area contributed by atoms with Gasteiger partial charge in [-0.2, -0.15) is 4.57 Å². The Hall–Kier alpha value is -2.61. The van der Waals surface area contributed by atoms with E-state index >= 15 is 0 Å². The van der Waals surface area contributed by atoms with E-state index < -0.39 is 0 Å². The largest absolute Gasteiger partial charge is 0.496 e. The lowest BCUT2D eigenvalue weighted by Gasteiger charge is -2.07. The van der Waals surface area contributed by atoms with Crippen LogP contribution in [0.2, 0.25) is 0 Å². The molecule has 2 heteroatoms. The maximum absolute atomic E-state index is 5.37. The van der Waals surface area contributed by atoms with Crippen LogP contribution < -0.4 is 9.30 Å². The molecule has 0 saturated heterocycles. The molecule has 104 valence electrons. The van der Waals surface area contributed by atoms with Crippen molar-refractivity contribution in [2.75, 3.05) is 7.11 Å². The number of hydrogen-bond donors (Lipinski definition) is 0. The van der Waals surface area contributed by atoms with Gasteiger partial charge in [0.2, 0.25) is 5.69 Å². The normalized spacial score (nSPS) is 10.3. The predicted octanol–water partition coefficient (Wildman–Crippen LogP) is 3.70. The molecule has 0 bridgehead atoms. The molecule has 2 nitrogen and oxygen atoms in total. The lowest BCUT2D eigenvalue weighted by Crippen LogP contribution is -2.36. The molecule has 21 heavy (non-hydrogen) atoms. The topological polar surface area (TPSA) is 13.1 Å². The summed E-state index contributed by atoms with van der Waals surface area (Å²) in [6.45, 7) is 0.842. The molecule has 0 N–H and O–H groups in total. The second-order valence-electron chi connectivity index (χ2n) is 4.93. The Labute approximate surface area is 125 Å². The third kappa shape index (κ3) is 3.11. The standard InChI is InChI=1S/C19H18NO/c1-21-18-12-13-20(15-16-8-4-2-5-9-16)19(14-18)17-10-6-3-7-11-17/h2-14H,15H2,1H3/q+1. The molecule has 1 heterocycles. The minimum absolute atomic E-state index is 0.842. The molecule has 0 amide bonds. The summed E-state index contributed by atoms with van der Waals surface area (Å²) in [6, 6.07) is 24.9. The molecule has 0 aliphatic rings. The summed E-state index contributed by atoms with van der Waals surface area (Å²) in [5.74, 6) is 0.873. The van der Waals surface area contributed by atoms with E-state index in [1.165, 1.54) is 11.1 Å². The molecule has 0 spiro atoms. The minimum atomic E-state index is 0.842. The van der Waals surface area contributed by atoms with Gasteiger partial charge in [-0.25, -0.2) is 0 Å². The molecular formula is C19H18NO+. The fourth-order valence-corrected chi connectivity index (χ4v) is 2.41. The minimum Gasteiger partial charge on any atom is -0.496 e. The van der Waals surface area contributed by atoms with Crippen molar-refractivity contribution in [2.24, 2.45) is 0 Å². The highest BCUT2D eigenvalue weighted by Gasteiger charge is 2.14. The first kappa shape index (κ1) is 13.4. The van der Waals surface area contributed by atoms with Crippen molar-refractivity contribution in [1.82, 2.24) is 0 Å². The molecule has 0 atom stereocenters. The van der Waals surface area contributed by atoms with Crippen LogP contribution in [0.4, 0.5) is 0 Å². The summed E-state index contributed by atoms with van der Waals surface area (Å²) in [5.41, 5.74) is 3.62. The van der Waals surface area contributed by atoms with Gasteiger partial charge < -0.3 is 4.74 Å². The third-order valence-electron chi connectivity index (χ3n) is 3.51. The van der Waals surface area contributed by atoms with Crippen LogP contribution in [0, 0.1) is 0 Å². The average Bonchev–Trinajstić information content (AvgIpc) is 2.57. The summed E-state index contributed by atoms with van der Waals surface area (Å²) in [4.78, 5) is 0. The number of ether oxygens (including phenoxy) is 1.